The van der Waals surface area contributed by atoms with Gasteiger partial charge in [0.15, 0.2) is 0 Å². The summed E-state index contributed by atoms with van der Waals surface area (Å²) >= 11 is 0. The second-order valence-electron chi connectivity index (χ2n) is 4.29. The maximum Gasteiger partial charge on any atom is 0.323 e. The van der Waals surface area contributed by atoms with Crippen molar-refractivity contribution in [1.29, 1.82) is 0 Å². The Balaban J connectivity index is 2.05. The molecule has 6 heteroatoms. The molecule has 0 aliphatic rings. The van der Waals surface area contributed by atoms with Crippen molar-refractivity contribution < 1.29 is 4.79 Å². The molecule has 0 aliphatic heterocycles. The first-order chi connectivity index (χ1) is 9.10. The summed E-state index contributed by atoms with van der Waals surface area (Å²) in [5, 5.41) is 12.4. The van der Waals surface area contributed by atoms with E-state index < -0.39 is 0 Å². The number of hydrogen-bond acceptors (Lipinski definition) is 3. The van der Waals surface area contributed by atoms with Crippen LogP contribution in [0.3, 0.4) is 0 Å². The van der Waals surface area contributed by atoms with Crippen molar-refractivity contribution in [1.82, 2.24) is 10.2 Å². The SMILES string of the molecule is Cc1n[nH]c(C)c1NC(=O)Nc1cccc(CN)c1. The Hall–Kier alpha value is -2.34. The number of anilines is 2. The van der Waals surface area contributed by atoms with Gasteiger partial charge in [-0.15, -0.1) is 0 Å². The third kappa shape index (κ3) is 3.11. The van der Waals surface area contributed by atoms with Crippen molar-refractivity contribution in [3.8, 4) is 0 Å². The van der Waals surface area contributed by atoms with Gasteiger partial charge in [0.2, 0.25) is 0 Å². The lowest BCUT2D eigenvalue weighted by Crippen LogP contribution is -2.20. The molecule has 19 heavy (non-hydrogen) atoms. The molecular weight excluding hydrogens is 242 g/mol. The predicted molar refractivity (Wildman–Crippen MR) is 75.0 cm³/mol. The summed E-state index contributed by atoms with van der Waals surface area (Å²) < 4.78 is 0. The smallest absolute Gasteiger partial charge is 0.323 e. The number of carbonyl (C=O) groups excluding carboxylic acids is 1. The van der Waals surface area contributed by atoms with Gasteiger partial charge < -0.3 is 16.4 Å². The third-order valence-corrected chi connectivity index (χ3v) is 2.79. The van der Waals surface area contributed by atoms with Crippen molar-refractivity contribution in [3.05, 3.63) is 41.2 Å². The number of nitrogens with two attached hydrogens (primary N) is 1. The quantitative estimate of drug-likeness (QED) is 0.680. The lowest BCUT2D eigenvalue weighted by Gasteiger charge is -2.08. The van der Waals surface area contributed by atoms with Crippen molar-refractivity contribution in [3.63, 3.8) is 0 Å². The lowest BCUT2D eigenvalue weighted by molar-refractivity contribution is 0.262. The Bertz CT molecular complexity index is 571. The van der Waals surface area contributed by atoms with Gasteiger partial charge in [0.1, 0.15) is 0 Å². The number of rotatable bonds is 3. The number of H-pyrrole nitrogens is 1. The van der Waals surface area contributed by atoms with Gasteiger partial charge in [-0.2, -0.15) is 5.10 Å². The van der Waals surface area contributed by atoms with E-state index in [1.54, 1.807) is 0 Å². The summed E-state index contributed by atoms with van der Waals surface area (Å²) in [6.07, 6.45) is 0. The zero-order valence-electron chi connectivity index (χ0n) is 10.9. The molecule has 0 spiro atoms. The number of aryl methyl sites for hydroxylation is 2. The van der Waals surface area contributed by atoms with E-state index in [9.17, 15) is 4.79 Å². The van der Waals surface area contributed by atoms with Crippen molar-refractivity contribution in [2.24, 2.45) is 5.73 Å². The highest BCUT2D eigenvalue weighted by Gasteiger charge is 2.10. The molecule has 6 nitrogen and oxygen atoms in total. The van der Waals surface area contributed by atoms with Crippen LogP contribution in [-0.4, -0.2) is 16.2 Å². The molecule has 0 aliphatic carbocycles. The fourth-order valence-corrected chi connectivity index (χ4v) is 1.79. The van der Waals surface area contributed by atoms with E-state index in [0.29, 0.717) is 17.9 Å². The highest BCUT2D eigenvalue weighted by Crippen LogP contribution is 2.17. The van der Waals surface area contributed by atoms with Gasteiger partial charge in [0.25, 0.3) is 0 Å². The topological polar surface area (TPSA) is 95.8 Å². The van der Waals surface area contributed by atoms with Crippen LogP contribution in [0.2, 0.25) is 0 Å². The first kappa shape index (κ1) is 13.1. The molecule has 0 saturated carbocycles. The van der Waals surface area contributed by atoms with Crippen LogP contribution in [-0.2, 0) is 6.54 Å². The van der Waals surface area contributed by atoms with Crippen LogP contribution in [0.25, 0.3) is 0 Å². The molecule has 0 unspecified atom stereocenters. The van der Waals surface area contributed by atoms with E-state index in [4.69, 9.17) is 5.73 Å². The molecule has 0 radical (unpaired) electrons. The summed E-state index contributed by atoms with van der Waals surface area (Å²) in [5.74, 6) is 0. The Morgan fingerprint density at radius 2 is 2.16 bits per heavy atom. The van der Waals surface area contributed by atoms with Gasteiger partial charge in [-0.25, -0.2) is 4.79 Å². The maximum atomic E-state index is 11.9. The minimum absolute atomic E-state index is 0.304. The van der Waals surface area contributed by atoms with Crippen molar-refractivity contribution in [2.45, 2.75) is 20.4 Å². The lowest BCUT2D eigenvalue weighted by atomic mass is 10.2. The summed E-state index contributed by atoms with van der Waals surface area (Å²) in [6.45, 7) is 4.12. The maximum absolute atomic E-state index is 11.9. The Labute approximate surface area is 111 Å². The standard InChI is InChI=1S/C13H17N5O/c1-8-12(9(2)18-17-8)16-13(19)15-11-5-3-4-10(6-11)7-14/h3-6H,7,14H2,1-2H3,(H,17,18)(H2,15,16,19). The summed E-state index contributed by atoms with van der Waals surface area (Å²) in [4.78, 5) is 11.9. The van der Waals surface area contributed by atoms with E-state index in [0.717, 1.165) is 17.0 Å². The van der Waals surface area contributed by atoms with Crippen LogP contribution in [0, 0.1) is 13.8 Å². The van der Waals surface area contributed by atoms with Crippen LogP contribution < -0.4 is 16.4 Å². The van der Waals surface area contributed by atoms with E-state index in [-0.39, 0.29) is 6.03 Å². The molecule has 1 heterocycles. The van der Waals surface area contributed by atoms with Gasteiger partial charge in [-0.1, -0.05) is 12.1 Å². The third-order valence-electron chi connectivity index (χ3n) is 2.79. The second-order valence-corrected chi connectivity index (χ2v) is 4.29. The highest BCUT2D eigenvalue weighted by molar-refractivity contribution is 6.00. The van der Waals surface area contributed by atoms with Gasteiger partial charge in [0, 0.05) is 12.2 Å². The summed E-state index contributed by atoms with van der Waals surface area (Å²) in [7, 11) is 0. The minimum atomic E-state index is -0.304. The monoisotopic (exact) mass is 259 g/mol. The Morgan fingerprint density at radius 3 is 2.79 bits per heavy atom. The van der Waals surface area contributed by atoms with Crippen LogP contribution in [0.4, 0.5) is 16.2 Å². The van der Waals surface area contributed by atoms with E-state index in [1.807, 2.05) is 38.1 Å². The molecule has 1 aromatic heterocycles. The summed E-state index contributed by atoms with van der Waals surface area (Å²) in [5.41, 5.74) is 9.51. The number of nitrogens with zero attached hydrogens (tertiary/aromatic N) is 1. The average molecular weight is 259 g/mol. The van der Waals surface area contributed by atoms with E-state index in [1.165, 1.54) is 0 Å². The number of nitrogens with one attached hydrogen (secondary N) is 3. The number of aromatic nitrogens is 2. The molecular formula is C13H17N5O. The number of carbonyl (C=O) groups is 1. The number of benzene rings is 1. The van der Waals surface area contributed by atoms with Gasteiger partial charge >= 0.3 is 6.03 Å². The van der Waals surface area contributed by atoms with E-state index >= 15 is 0 Å². The Kier molecular flexibility index (Phi) is 3.82. The largest absolute Gasteiger partial charge is 0.326 e. The number of urea groups is 1. The molecule has 5 N–H and O–H groups in total. The highest BCUT2D eigenvalue weighted by atomic mass is 16.2. The zero-order chi connectivity index (χ0) is 13.8. The summed E-state index contributed by atoms with van der Waals surface area (Å²) in [6, 6.07) is 7.11. The normalized spacial score (nSPS) is 10.3. The van der Waals surface area contributed by atoms with Gasteiger partial charge in [-0.3, -0.25) is 5.10 Å². The minimum Gasteiger partial charge on any atom is -0.326 e. The Morgan fingerprint density at radius 1 is 1.37 bits per heavy atom. The fraction of sp³-hybridized carbons (Fsp3) is 0.231. The van der Waals surface area contributed by atoms with Gasteiger partial charge in [0.05, 0.1) is 17.1 Å². The van der Waals surface area contributed by atoms with Crippen LogP contribution >= 0.6 is 0 Å². The van der Waals surface area contributed by atoms with Crippen molar-refractivity contribution in [2.75, 3.05) is 10.6 Å². The molecule has 0 bridgehead atoms. The van der Waals surface area contributed by atoms with Crippen LogP contribution in [0.1, 0.15) is 17.0 Å². The molecule has 0 saturated heterocycles. The van der Waals surface area contributed by atoms with Gasteiger partial charge in [-0.05, 0) is 31.5 Å². The van der Waals surface area contributed by atoms with Crippen LogP contribution in [0.15, 0.2) is 24.3 Å². The van der Waals surface area contributed by atoms with E-state index in [2.05, 4.69) is 20.8 Å². The number of hydrogen-bond donors (Lipinski definition) is 4. The zero-order valence-corrected chi connectivity index (χ0v) is 10.9. The number of amides is 2. The fourth-order valence-electron chi connectivity index (χ4n) is 1.79. The predicted octanol–water partition coefficient (Wildman–Crippen LogP) is 2.13. The molecule has 2 rings (SSSR count). The number of aromatic amines is 1. The molecule has 1 aromatic carbocycles. The van der Waals surface area contributed by atoms with Crippen molar-refractivity contribution >= 4 is 17.4 Å². The second kappa shape index (κ2) is 5.53. The molecule has 0 atom stereocenters. The van der Waals surface area contributed by atoms with Crippen LogP contribution in [0.5, 0.6) is 0 Å². The molecule has 0 fully saturated rings. The first-order valence-corrected chi connectivity index (χ1v) is 5.98. The average Bonchev–Trinajstić information content (AvgIpc) is 2.71. The molecule has 2 amide bonds. The molecule has 100 valence electrons. The first-order valence-electron chi connectivity index (χ1n) is 5.98. The molecule has 2 aromatic rings.